The molecule has 0 spiro atoms. The van der Waals surface area contributed by atoms with Gasteiger partial charge in [-0.2, -0.15) is 0 Å². The minimum Gasteiger partial charge on any atom is -0.391 e. The van der Waals surface area contributed by atoms with Crippen molar-refractivity contribution >= 4 is 15.9 Å². The average Bonchev–Trinajstić information content (AvgIpc) is 2.27. The normalized spacial score (nSPS) is 13.1. The lowest BCUT2D eigenvalue weighted by atomic mass is 10.2. The van der Waals surface area contributed by atoms with E-state index in [2.05, 4.69) is 25.8 Å². The molecule has 0 fully saturated rings. The lowest BCUT2D eigenvalue weighted by molar-refractivity contribution is 0.147. The van der Waals surface area contributed by atoms with Crippen molar-refractivity contribution in [2.24, 2.45) is 0 Å². The zero-order valence-corrected chi connectivity index (χ0v) is 10.5. The van der Waals surface area contributed by atoms with Crippen molar-refractivity contribution in [3.8, 4) is 0 Å². The van der Waals surface area contributed by atoms with E-state index in [0.29, 0.717) is 11.9 Å². The molecule has 1 heterocycles. The number of pyridine rings is 1. The van der Waals surface area contributed by atoms with Gasteiger partial charge in [-0.1, -0.05) is 15.9 Å². The largest absolute Gasteiger partial charge is 0.391 e. The van der Waals surface area contributed by atoms with E-state index in [1.165, 1.54) is 5.56 Å². The summed E-state index contributed by atoms with van der Waals surface area (Å²) in [4.78, 5) is 6.11. The number of aromatic nitrogens is 1. The molecule has 0 aliphatic carbocycles. The zero-order valence-electron chi connectivity index (χ0n) is 8.93. The van der Waals surface area contributed by atoms with Gasteiger partial charge in [-0.25, -0.2) is 0 Å². The highest BCUT2D eigenvalue weighted by molar-refractivity contribution is 9.09. The third-order valence-electron chi connectivity index (χ3n) is 2.23. The van der Waals surface area contributed by atoms with E-state index < -0.39 is 0 Å². The maximum atomic E-state index is 9.43. The van der Waals surface area contributed by atoms with Crippen molar-refractivity contribution < 1.29 is 5.11 Å². The highest BCUT2D eigenvalue weighted by Gasteiger charge is 2.06. The fourth-order valence-corrected chi connectivity index (χ4v) is 1.57. The van der Waals surface area contributed by atoms with Crippen LogP contribution < -0.4 is 0 Å². The van der Waals surface area contributed by atoms with Crippen LogP contribution in [0.3, 0.4) is 0 Å². The standard InChI is InChI=1S/C11H17BrN2O/c1-14(9-11(15)8-12)7-4-10-2-5-13-6-3-10/h2-3,5-6,11,15H,4,7-9H2,1H3. The Labute approximate surface area is 99.3 Å². The molecule has 1 aromatic heterocycles. The zero-order chi connectivity index (χ0) is 11.1. The summed E-state index contributed by atoms with van der Waals surface area (Å²) < 4.78 is 0. The highest BCUT2D eigenvalue weighted by atomic mass is 79.9. The quantitative estimate of drug-likeness (QED) is 0.794. The van der Waals surface area contributed by atoms with Crippen LogP contribution in [0, 0.1) is 0 Å². The maximum Gasteiger partial charge on any atom is 0.0763 e. The molecule has 15 heavy (non-hydrogen) atoms. The predicted octanol–water partition coefficient (Wildman–Crippen LogP) is 1.31. The molecule has 3 nitrogen and oxygen atoms in total. The Bertz CT molecular complexity index is 269. The van der Waals surface area contributed by atoms with E-state index in [0.717, 1.165) is 13.0 Å². The monoisotopic (exact) mass is 272 g/mol. The Morgan fingerprint density at radius 1 is 1.47 bits per heavy atom. The number of rotatable bonds is 6. The molecule has 0 amide bonds. The molecular formula is C11H17BrN2O. The van der Waals surface area contributed by atoms with Crippen LogP contribution in [0.15, 0.2) is 24.5 Å². The summed E-state index contributed by atoms with van der Waals surface area (Å²) in [6.45, 7) is 1.66. The van der Waals surface area contributed by atoms with Gasteiger partial charge >= 0.3 is 0 Å². The second-order valence-electron chi connectivity index (χ2n) is 3.68. The SMILES string of the molecule is CN(CCc1ccncc1)CC(O)CBr. The minimum atomic E-state index is -0.285. The lowest BCUT2D eigenvalue weighted by Gasteiger charge is -2.19. The summed E-state index contributed by atoms with van der Waals surface area (Å²) in [7, 11) is 2.02. The summed E-state index contributed by atoms with van der Waals surface area (Å²) in [5, 5.41) is 10.1. The lowest BCUT2D eigenvalue weighted by Crippen LogP contribution is -2.31. The van der Waals surface area contributed by atoms with Gasteiger partial charge in [0.2, 0.25) is 0 Å². The van der Waals surface area contributed by atoms with Crippen LogP contribution in [-0.2, 0) is 6.42 Å². The van der Waals surface area contributed by atoms with Gasteiger partial charge in [0.25, 0.3) is 0 Å². The Morgan fingerprint density at radius 2 is 2.13 bits per heavy atom. The Balaban J connectivity index is 2.25. The van der Waals surface area contributed by atoms with Crippen LogP contribution >= 0.6 is 15.9 Å². The van der Waals surface area contributed by atoms with E-state index in [4.69, 9.17) is 0 Å². The van der Waals surface area contributed by atoms with Crippen molar-refractivity contribution in [3.63, 3.8) is 0 Å². The van der Waals surface area contributed by atoms with E-state index in [9.17, 15) is 5.11 Å². The first-order valence-electron chi connectivity index (χ1n) is 5.04. The second-order valence-corrected chi connectivity index (χ2v) is 4.32. The molecule has 0 saturated carbocycles. The molecule has 1 rings (SSSR count). The van der Waals surface area contributed by atoms with Gasteiger partial charge in [0, 0.05) is 30.8 Å². The summed E-state index contributed by atoms with van der Waals surface area (Å²) in [6.07, 6.45) is 4.33. The van der Waals surface area contributed by atoms with E-state index in [1.54, 1.807) is 0 Å². The smallest absolute Gasteiger partial charge is 0.0763 e. The molecule has 1 unspecified atom stereocenters. The number of halogens is 1. The van der Waals surface area contributed by atoms with Gasteiger partial charge < -0.3 is 10.0 Å². The average molecular weight is 273 g/mol. The van der Waals surface area contributed by atoms with Crippen molar-refractivity contribution in [1.82, 2.24) is 9.88 Å². The van der Waals surface area contributed by atoms with Crippen LogP contribution in [-0.4, -0.2) is 46.6 Å². The molecule has 0 radical (unpaired) electrons. The first-order chi connectivity index (χ1) is 7.22. The van der Waals surface area contributed by atoms with Crippen LogP contribution in [0.2, 0.25) is 0 Å². The van der Waals surface area contributed by atoms with E-state index in [-0.39, 0.29) is 6.10 Å². The Hall–Kier alpha value is -0.450. The van der Waals surface area contributed by atoms with Gasteiger partial charge in [-0.3, -0.25) is 4.98 Å². The van der Waals surface area contributed by atoms with Gasteiger partial charge in [0.1, 0.15) is 0 Å². The number of hydrogen-bond acceptors (Lipinski definition) is 3. The molecule has 0 aliphatic heterocycles. The van der Waals surface area contributed by atoms with Crippen LogP contribution in [0.5, 0.6) is 0 Å². The summed E-state index contributed by atoms with van der Waals surface area (Å²) >= 11 is 3.25. The number of aliphatic hydroxyl groups is 1. The summed E-state index contributed by atoms with van der Waals surface area (Å²) in [6, 6.07) is 4.05. The molecule has 1 N–H and O–H groups in total. The molecule has 1 aromatic rings. The fourth-order valence-electron chi connectivity index (χ4n) is 1.37. The van der Waals surface area contributed by atoms with Crippen molar-refractivity contribution in [3.05, 3.63) is 30.1 Å². The number of alkyl halides is 1. The second kappa shape index (κ2) is 6.93. The van der Waals surface area contributed by atoms with Crippen LogP contribution in [0.25, 0.3) is 0 Å². The molecule has 0 bridgehead atoms. The first kappa shape index (κ1) is 12.6. The van der Waals surface area contributed by atoms with Crippen molar-refractivity contribution in [2.45, 2.75) is 12.5 Å². The van der Waals surface area contributed by atoms with Gasteiger partial charge in [0.15, 0.2) is 0 Å². The minimum absolute atomic E-state index is 0.285. The molecule has 84 valence electrons. The molecule has 4 heteroatoms. The van der Waals surface area contributed by atoms with Gasteiger partial charge in [-0.15, -0.1) is 0 Å². The van der Waals surface area contributed by atoms with Crippen molar-refractivity contribution in [2.75, 3.05) is 25.5 Å². The number of hydrogen-bond donors (Lipinski definition) is 1. The van der Waals surface area contributed by atoms with Crippen LogP contribution in [0.1, 0.15) is 5.56 Å². The third-order valence-corrected chi connectivity index (χ3v) is 2.98. The number of likely N-dealkylation sites (N-methyl/N-ethyl adjacent to an activating group) is 1. The topological polar surface area (TPSA) is 36.4 Å². The Kier molecular flexibility index (Phi) is 5.83. The summed E-state index contributed by atoms with van der Waals surface area (Å²) in [5.41, 5.74) is 1.28. The van der Waals surface area contributed by atoms with E-state index in [1.807, 2.05) is 31.6 Å². The first-order valence-corrected chi connectivity index (χ1v) is 6.16. The van der Waals surface area contributed by atoms with Gasteiger partial charge in [0.05, 0.1) is 6.10 Å². The molecule has 1 atom stereocenters. The molecule has 0 saturated heterocycles. The van der Waals surface area contributed by atoms with E-state index >= 15 is 0 Å². The predicted molar refractivity (Wildman–Crippen MR) is 65.2 cm³/mol. The number of aliphatic hydroxyl groups excluding tert-OH is 1. The number of nitrogens with zero attached hydrogens (tertiary/aromatic N) is 2. The molecule has 0 aromatic carbocycles. The van der Waals surface area contributed by atoms with Gasteiger partial charge in [-0.05, 0) is 31.2 Å². The third kappa shape index (κ3) is 5.25. The maximum absolute atomic E-state index is 9.43. The molecule has 0 aliphatic rings. The Morgan fingerprint density at radius 3 is 2.73 bits per heavy atom. The highest BCUT2D eigenvalue weighted by Crippen LogP contribution is 2.00. The molecular weight excluding hydrogens is 256 g/mol. The van der Waals surface area contributed by atoms with Crippen LogP contribution in [0.4, 0.5) is 0 Å². The summed E-state index contributed by atoms with van der Waals surface area (Å²) in [5.74, 6) is 0. The van der Waals surface area contributed by atoms with Crippen molar-refractivity contribution in [1.29, 1.82) is 0 Å². The fraction of sp³-hybridized carbons (Fsp3) is 0.545.